The number of ether oxygens (including phenoxy) is 1. The first-order valence-corrected chi connectivity index (χ1v) is 4.49. The Morgan fingerprint density at radius 3 is 2.23 bits per heavy atom. The molecule has 0 atom stereocenters. The van der Waals surface area contributed by atoms with Crippen LogP contribution in [0.3, 0.4) is 0 Å². The number of urea groups is 1. The topological polar surface area (TPSA) is 32.8 Å². The number of rotatable bonds is 4. The first-order valence-electron chi connectivity index (χ1n) is 4.49. The van der Waals surface area contributed by atoms with Gasteiger partial charge in [0.15, 0.2) is 0 Å². The number of hydrogen-bond acceptors (Lipinski definition) is 2. The van der Waals surface area contributed by atoms with E-state index in [0.717, 1.165) is 0 Å². The number of amides is 2. The van der Waals surface area contributed by atoms with Crippen molar-refractivity contribution in [2.75, 3.05) is 34.3 Å². The Hall–Kier alpha value is -0.770. The summed E-state index contributed by atoms with van der Waals surface area (Å²) in [6.07, 6.45) is 0.225. The zero-order chi connectivity index (χ0) is 10.4. The highest BCUT2D eigenvalue weighted by Gasteiger charge is 2.09. The number of carbonyl (C=O) groups is 1. The molecule has 0 aliphatic heterocycles. The minimum absolute atomic E-state index is 0.00681. The lowest BCUT2D eigenvalue weighted by molar-refractivity contribution is 0.0659. The van der Waals surface area contributed by atoms with Crippen LogP contribution in [0.1, 0.15) is 13.8 Å². The Morgan fingerprint density at radius 2 is 1.85 bits per heavy atom. The minimum Gasteiger partial charge on any atom is -0.377 e. The van der Waals surface area contributed by atoms with Gasteiger partial charge in [0.25, 0.3) is 0 Å². The number of hydrogen-bond donors (Lipinski definition) is 0. The second-order valence-electron chi connectivity index (χ2n) is 3.52. The van der Waals surface area contributed by atoms with Gasteiger partial charge in [-0.3, -0.25) is 0 Å². The monoisotopic (exact) mass is 188 g/mol. The van der Waals surface area contributed by atoms with Crippen molar-refractivity contribution in [3.05, 3.63) is 0 Å². The molecule has 4 heteroatoms. The van der Waals surface area contributed by atoms with E-state index in [1.54, 1.807) is 30.9 Å². The smallest absolute Gasteiger partial charge is 0.319 e. The van der Waals surface area contributed by atoms with Crippen molar-refractivity contribution >= 4 is 6.03 Å². The quantitative estimate of drug-likeness (QED) is 0.660. The molecule has 0 unspecified atom stereocenters. The number of nitrogens with zero attached hydrogens (tertiary/aromatic N) is 2. The van der Waals surface area contributed by atoms with Crippen molar-refractivity contribution in [1.29, 1.82) is 0 Å². The first-order chi connectivity index (χ1) is 5.95. The van der Waals surface area contributed by atoms with Crippen molar-refractivity contribution in [2.45, 2.75) is 20.0 Å². The zero-order valence-electron chi connectivity index (χ0n) is 9.20. The van der Waals surface area contributed by atoms with E-state index < -0.39 is 0 Å². The molecule has 0 aromatic carbocycles. The molecule has 0 aliphatic carbocycles. The third-order valence-electron chi connectivity index (χ3n) is 1.59. The second kappa shape index (κ2) is 5.80. The van der Waals surface area contributed by atoms with E-state index >= 15 is 0 Å². The van der Waals surface area contributed by atoms with Crippen LogP contribution in [0.2, 0.25) is 0 Å². The van der Waals surface area contributed by atoms with Gasteiger partial charge in [0.1, 0.15) is 0 Å². The van der Waals surface area contributed by atoms with Gasteiger partial charge in [-0.1, -0.05) is 0 Å². The molecule has 0 spiro atoms. The van der Waals surface area contributed by atoms with Crippen LogP contribution in [-0.2, 0) is 4.74 Å². The largest absolute Gasteiger partial charge is 0.377 e. The highest BCUT2D eigenvalue weighted by Crippen LogP contribution is 1.92. The fourth-order valence-corrected chi connectivity index (χ4v) is 0.862. The third-order valence-corrected chi connectivity index (χ3v) is 1.59. The molecule has 0 aliphatic rings. The molecule has 0 fully saturated rings. The van der Waals surface area contributed by atoms with Gasteiger partial charge >= 0.3 is 6.03 Å². The van der Waals surface area contributed by atoms with Crippen LogP contribution in [-0.4, -0.2) is 56.2 Å². The Morgan fingerprint density at radius 1 is 1.31 bits per heavy atom. The average Bonchev–Trinajstić information content (AvgIpc) is 2.02. The molecule has 2 amide bonds. The molecule has 4 nitrogen and oxygen atoms in total. The van der Waals surface area contributed by atoms with Crippen molar-refractivity contribution in [1.82, 2.24) is 9.80 Å². The normalized spacial score (nSPS) is 10.3. The van der Waals surface area contributed by atoms with Gasteiger partial charge < -0.3 is 14.5 Å². The summed E-state index contributed by atoms with van der Waals surface area (Å²) in [4.78, 5) is 14.5. The summed E-state index contributed by atoms with van der Waals surface area (Å²) < 4.78 is 5.33. The molecule has 0 rings (SSSR count). The summed E-state index contributed by atoms with van der Waals surface area (Å²) in [5.74, 6) is 0. The van der Waals surface area contributed by atoms with E-state index in [1.807, 2.05) is 13.8 Å². The van der Waals surface area contributed by atoms with Crippen LogP contribution in [0, 0.1) is 0 Å². The summed E-state index contributed by atoms with van der Waals surface area (Å²) in [6.45, 7) is 5.18. The Balaban J connectivity index is 3.62. The molecule has 0 bridgehead atoms. The van der Waals surface area contributed by atoms with Crippen LogP contribution in [0.4, 0.5) is 4.79 Å². The lowest BCUT2D eigenvalue weighted by atomic mass is 10.5. The van der Waals surface area contributed by atoms with Crippen LogP contribution in [0.25, 0.3) is 0 Å². The summed E-state index contributed by atoms with van der Waals surface area (Å²) in [7, 11) is 5.25. The van der Waals surface area contributed by atoms with E-state index in [0.29, 0.717) is 13.2 Å². The Kier molecular flexibility index (Phi) is 5.46. The van der Waals surface area contributed by atoms with E-state index in [2.05, 4.69) is 0 Å². The van der Waals surface area contributed by atoms with Crippen LogP contribution >= 0.6 is 0 Å². The molecule has 0 saturated carbocycles. The van der Waals surface area contributed by atoms with Crippen molar-refractivity contribution in [3.63, 3.8) is 0 Å². The van der Waals surface area contributed by atoms with E-state index in [-0.39, 0.29) is 12.1 Å². The lowest BCUT2D eigenvalue weighted by Crippen LogP contribution is -2.38. The van der Waals surface area contributed by atoms with E-state index in [9.17, 15) is 4.79 Å². The standard InChI is InChI=1S/C9H20N2O2/c1-8(2)13-7-6-11(5)9(12)10(3)4/h8H,6-7H2,1-5H3. The summed E-state index contributed by atoms with van der Waals surface area (Å²) in [5, 5.41) is 0. The molecule has 13 heavy (non-hydrogen) atoms. The molecule has 0 aromatic heterocycles. The van der Waals surface area contributed by atoms with E-state index in [4.69, 9.17) is 4.74 Å². The molecule has 78 valence electrons. The maximum atomic E-state index is 11.3. The highest BCUT2D eigenvalue weighted by molar-refractivity contribution is 5.73. The highest BCUT2D eigenvalue weighted by atomic mass is 16.5. The maximum Gasteiger partial charge on any atom is 0.319 e. The third kappa shape index (κ3) is 5.47. The van der Waals surface area contributed by atoms with Gasteiger partial charge in [0.2, 0.25) is 0 Å². The van der Waals surface area contributed by atoms with Gasteiger partial charge in [0.05, 0.1) is 12.7 Å². The van der Waals surface area contributed by atoms with Crippen molar-refractivity contribution < 1.29 is 9.53 Å². The van der Waals surface area contributed by atoms with Gasteiger partial charge in [-0.2, -0.15) is 0 Å². The Bertz CT molecular complexity index is 158. The first kappa shape index (κ1) is 12.2. The fourth-order valence-electron chi connectivity index (χ4n) is 0.862. The van der Waals surface area contributed by atoms with Crippen LogP contribution in [0.15, 0.2) is 0 Å². The van der Waals surface area contributed by atoms with Gasteiger partial charge in [0, 0.05) is 27.7 Å². The second-order valence-corrected chi connectivity index (χ2v) is 3.52. The van der Waals surface area contributed by atoms with Gasteiger partial charge in [-0.25, -0.2) is 4.79 Å². The zero-order valence-corrected chi connectivity index (χ0v) is 9.20. The summed E-state index contributed by atoms with van der Waals surface area (Å²) >= 11 is 0. The molecule has 0 N–H and O–H groups in total. The predicted molar refractivity (Wildman–Crippen MR) is 52.8 cm³/mol. The van der Waals surface area contributed by atoms with Gasteiger partial charge in [-0.05, 0) is 13.8 Å². The molecular formula is C9H20N2O2. The number of likely N-dealkylation sites (N-methyl/N-ethyl adjacent to an activating group) is 1. The van der Waals surface area contributed by atoms with Crippen molar-refractivity contribution in [2.24, 2.45) is 0 Å². The average molecular weight is 188 g/mol. The van der Waals surface area contributed by atoms with Crippen molar-refractivity contribution in [3.8, 4) is 0 Å². The predicted octanol–water partition coefficient (Wildman–Crippen LogP) is 1.02. The Labute approximate surface area is 80.5 Å². The fraction of sp³-hybridized carbons (Fsp3) is 0.889. The summed E-state index contributed by atoms with van der Waals surface area (Å²) in [6, 6.07) is 0.00681. The van der Waals surface area contributed by atoms with E-state index in [1.165, 1.54) is 0 Å². The molecular weight excluding hydrogens is 168 g/mol. The van der Waals surface area contributed by atoms with Crippen LogP contribution in [0.5, 0.6) is 0 Å². The molecule has 0 radical (unpaired) electrons. The number of carbonyl (C=O) groups excluding carboxylic acids is 1. The molecule has 0 heterocycles. The summed E-state index contributed by atoms with van der Waals surface area (Å²) in [5.41, 5.74) is 0. The maximum absolute atomic E-state index is 11.3. The molecule has 0 saturated heterocycles. The molecule has 0 aromatic rings. The lowest BCUT2D eigenvalue weighted by Gasteiger charge is -2.21. The van der Waals surface area contributed by atoms with Crippen LogP contribution < -0.4 is 0 Å². The van der Waals surface area contributed by atoms with Gasteiger partial charge in [-0.15, -0.1) is 0 Å². The SMILES string of the molecule is CC(C)OCCN(C)C(=O)N(C)C. The minimum atomic E-state index is 0.00681.